The van der Waals surface area contributed by atoms with Crippen LogP contribution in [0.3, 0.4) is 0 Å². The lowest BCUT2D eigenvalue weighted by Gasteiger charge is -2.27. The molecule has 2 aromatic carbocycles. The summed E-state index contributed by atoms with van der Waals surface area (Å²) >= 11 is 0. The minimum absolute atomic E-state index is 0.0671. The van der Waals surface area contributed by atoms with Gasteiger partial charge in [0, 0.05) is 48.5 Å². The van der Waals surface area contributed by atoms with Crippen molar-refractivity contribution in [2.24, 2.45) is 0 Å². The van der Waals surface area contributed by atoms with E-state index in [-0.39, 0.29) is 11.5 Å². The van der Waals surface area contributed by atoms with Crippen LogP contribution in [-0.4, -0.2) is 31.4 Å². The highest BCUT2D eigenvalue weighted by Crippen LogP contribution is 2.48. The number of phenols is 2. The first-order valence-corrected chi connectivity index (χ1v) is 11.2. The maximum atomic E-state index is 11.2. The van der Waals surface area contributed by atoms with Gasteiger partial charge in [0.1, 0.15) is 23.0 Å². The van der Waals surface area contributed by atoms with Crippen molar-refractivity contribution < 1.29 is 19.7 Å². The number of allylic oxidation sites excluding steroid dienone is 5. The Morgan fingerprint density at radius 1 is 0.939 bits per heavy atom. The highest BCUT2D eigenvalue weighted by Gasteiger charge is 2.31. The predicted molar refractivity (Wildman–Crippen MR) is 135 cm³/mol. The summed E-state index contributed by atoms with van der Waals surface area (Å²) in [6.45, 7) is 8.05. The van der Waals surface area contributed by atoms with Crippen LogP contribution in [0.5, 0.6) is 17.2 Å². The Hall–Kier alpha value is -3.34. The number of rotatable bonds is 7. The molecule has 0 saturated carbocycles. The van der Waals surface area contributed by atoms with Crippen LogP contribution in [0.15, 0.2) is 53.3 Å². The third-order valence-electron chi connectivity index (χ3n) is 5.81. The van der Waals surface area contributed by atoms with Gasteiger partial charge in [-0.1, -0.05) is 23.3 Å². The summed E-state index contributed by atoms with van der Waals surface area (Å²) < 4.78 is 12.1. The number of hydrogen-bond acceptors (Lipinski definition) is 5. The summed E-state index contributed by atoms with van der Waals surface area (Å²) in [6.07, 6.45) is 5.39. The van der Waals surface area contributed by atoms with Gasteiger partial charge in [-0.3, -0.25) is 0 Å². The van der Waals surface area contributed by atoms with Crippen molar-refractivity contribution in [3.8, 4) is 17.2 Å². The maximum absolute atomic E-state index is 11.2. The Morgan fingerprint density at radius 2 is 1.52 bits per heavy atom. The summed E-state index contributed by atoms with van der Waals surface area (Å²) in [5.41, 5.74) is 6.07. The quantitative estimate of drug-likeness (QED) is 0.498. The first kappa shape index (κ1) is 24.3. The SMILES string of the molecule is COC1=C(c2ccc(N(C)C)cc2)Oc2c(CC=C(C)C)c(O)c(CC=C(C)C)c(O)c2C1. The fourth-order valence-electron chi connectivity index (χ4n) is 3.85. The molecule has 2 N–H and O–H groups in total. The number of aromatic hydroxyl groups is 2. The zero-order valence-electron chi connectivity index (χ0n) is 20.7. The molecule has 0 unspecified atom stereocenters. The Bertz CT molecular complexity index is 1110. The molecule has 3 rings (SSSR count). The van der Waals surface area contributed by atoms with E-state index in [9.17, 15) is 10.2 Å². The highest BCUT2D eigenvalue weighted by atomic mass is 16.5. The second-order valence-corrected chi connectivity index (χ2v) is 9.11. The molecule has 0 aliphatic carbocycles. The molecule has 0 amide bonds. The van der Waals surface area contributed by atoms with Gasteiger partial charge in [0.25, 0.3) is 0 Å². The molecular formula is C28H35NO4. The number of phenolic OH excluding ortho intramolecular Hbond substituents is 2. The van der Waals surface area contributed by atoms with Gasteiger partial charge in [-0.2, -0.15) is 0 Å². The van der Waals surface area contributed by atoms with E-state index in [0.717, 1.165) is 22.4 Å². The van der Waals surface area contributed by atoms with Crippen LogP contribution in [0, 0.1) is 0 Å². The van der Waals surface area contributed by atoms with Crippen molar-refractivity contribution in [3.63, 3.8) is 0 Å². The second kappa shape index (κ2) is 10.1. The van der Waals surface area contributed by atoms with Crippen molar-refractivity contribution >= 4 is 11.4 Å². The van der Waals surface area contributed by atoms with Gasteiger partial charge in [-0.25, -0.2) is 0 Å². The monoisotopic (exact) mass is 449 g/mol. The maximum Gasteiger partial charge on any atom is 0.172 e. The number of anilines is 1. The Kier molecular flexibility index (Phi) is 7.42. The molecule has 0 saturated heterocycles. The fourth-order valence-corrected chi connectivity index (χ4v) is 3.85. The standard InChI is InChI=1S/C28H35NO4/c1-17(2)8-14-21-25(30)22(15-9-18(3)4)28-23(26(21)31)16-24(32-7)27(33-28)19-10-12-20(13-11-19)29(5)6/h8-13,30-31H,14-16H2,1-7H3. The molecule has 0 spiro atoms. The summed E-state index contributed by atoms with van der Waals surface area (Å²) in [6, 6.07) is 8.03. The van der Waals surface area contributed by atoms with Gasteiger partial charge >= 0.3 is 0 Å². The summed E-state index contributed by atoms with van der Waals surface area (Å²) in [5, 5.41) is 22.3. The number of ether oxygens (including phenoxy) is 2. The van der Waals surface area contributed by atoms with E-state index < -0.39 is 0 Å². The molecular weight excluding hydrogens is 414 g/mol. The van der Waals surface area contributed by atoms with Crippen LogP contribution >= 0.6 is 0 Å². The van der Waals surface area contributed by atoms with Crippen LogP contribution < -0.4 is 9.64 Å². The molecule has 1 aliphatic rings. The average molecular weight is 450 g/mol. The molecule has 1 aliphatic heterocycles. The van der Waals surface area contributed by atoms with E-state index in [0.29, 0.717) is 53.2 Å². The molecule has 0 radical (unpaired) electrons. The molecule has 5 heteroatoms. The van der Waals surface area contributed by atoms with E-state index in [1.165, 1.54) is 0 Å². The largest absolute Gasteiger partial charge is 0.507 e. The molecule has 5 nitrogen and oxygen atoms in total. The van der Waals surface area contributed by atoms with Crippen LogP contribution in [0.1, 0.15) is 49.9 Å². The number of benzene rings is 2. The van der Waals surface area contributed by atoms with Crippen LogP contribution in [0.25, 0.3) is 5.76 Å². The molecule has 0 fully saturated rings. The third kappa shape index (κ3) is 5.19. The lowest BCUT2D eigenvalue weighted by molar-refractivity contribution is 0.263. The molecule has 176 valence electrons. The van der Waals surface area contributed by atoms with Gasteiger partial charge in [0.2, 0.25) is 0 Å². The van der Waals surface area contributed by atoms with Crippen LogP contribution in [0.4, 0.5) is 5.69 Å². The van der Waals surface area contributed by atoms with E-state index in [1.54, 1.807) is 7.11 Å². The van der Waals surface area contributed by atoms with Crippen molar-refractivity contribution in [1.29, 1.82) is 0 Å². The lowest BCUT2D eigenvalue weighted by Crippen LogP contribution is -2.14. The third-order valence-corrected chi connectivity index (χ3v) is 5.81. The van der Waals surface area contributed by atoms with Crippen LogP contribution in [-0.2, 0) is 24.0 Å². The Labute approximate surface area is 197 Å². The molecule has 1 heterocycles. The smallest absolute Gasteiger partial charge is 0.172 e. The number of fused-ring (bicyclic) bond motifs is 1. The Balaban J connectivity index is 2.16. The molecule has 0 atom stereocenters. The van der Waals surface area contributed by atoms with E-state index in [2.05, 4.69) is 6.08 Å². The number of nitrogens with zero attached hydrogens (tertiary/aromatic N) is 1. The molecule has 0 aromatic heterocycles. The Morgan fingerprint density at radius 3 is 2.03 bits per heavy atom. The normalized spacial score (nSPS) is 12.6. The minimum atomic E-state index is 0.0671. The van der Waals surface area contributed by atoms with E-state index in [4.69, 9.17) is 9.47 Å². The van der Waals surface area contributed by atoms with Gasteiger partial charge in [0.15, 0.2) is 5.76 Å². The number of methoxy groups -OCH3 is 1. The minimum Gasteiger partial charge on any atom is -0.507 e. The zero-order chi connectivity index (χ0) is 24.3. The van der Waals surface area contributed by atoms with Crippen molar-refractivity contribution in [3.05, 3.63) is 75.6 Å². The van der Waals surface area contributed by atoms with Crippen molar-refractivity contribution in [2.45, 2.75) is 47.0 Å². The van der Waals surface area contributed by atoms with Crippen molar-refractivity contribution in [2.75, 3.05) is 26.1 Å². The predicted octanol–water partition coefficient (Wildman–Crippen LogP) is 6.13. The van der Waals surface area contributed by atoms with Gasteiger partial charge < -0.3 is 24.6 Å². The first-order valence-electron chi connectivity index (χ1n) is 11.2. The topological polar surface area (TPSA) is 62.2 Å². The molecule has 0 bridgehead atoms. The summed E-state index contributed by atoms with van der Waals surface area (Å²) in [5.74, 6) is 1.91. The van der Waals surface area contributed by atoms with Gasteiger partial charge in [0.05, 0.1) is 7.11 Å². The van der Waals surface area contributed by atoms with Crippen LogP contribution in [0.2, 0.25) is 0 Å². The lowest BCUT2D eigenvalue weighted by atomic mass is 9.91. The molecule has 33 heavy (non-hydrogen) atoms. The number of hydrogen-bond donors (Lipinski definition) is 2. The fraction of sp³-hybridized carbons (Fsp3) is 0.357. The van der Waals surface area contributed by atoms with Gasteiger partial charge in [-0.15, -0.1) is 0 Å². The average Bonchev–Trinajstić information content (AvgIpc) is 2.77. The highest BCUT2D eigenvalue weighted by molar-refractivity contribution is 5.74. The second-order valence-electron chi connectivity index (χ2n) is 9.11. The summed E-state index contributed by atoms with van der Waals surface area (Å²) in [7, 11) is 5.61. The summed E-state index contributed by atoms with van der Waals surface area (Å²) in [4.78, 5) is 2.04. The molecule has 2 aromatic rings. The first-order chi connectivity index (χ1) is 15.6. The zero-order valence-corrected chi connectivity index (χ0v) is 20.7. The van der Waals surface area contributed by atoms with E-state index >= 15 is 0 Å². The van der Waals surface area contributed by atoms with Crippen molar-refractivity contribution in [1.82, 2.24) is 0 Å². The van der Waals surface area contributed by atoms with E-state index in [1.807, 2.05) is 77.0 Å². The van der Waals surface area contributed by atoms with Gasteiger partial charge in [-0.05, 0) is 64.8 Å².